The summed E-state index contributed by atoms with van der Waals surface area (Å²) < 4.78 is 40.3. The summed E-state index contributed by atoms with van der Waals surface area (Å²) in [6, 6.07) is 13.9. The van der Waals surface area contributed by atoms with E-state index < -0.39 is 10.0 Å². The number of anilines is 1. The molecule has 3 aromatic rings. The molecule has 0 saturated heterocycles. The molecule has 148 valence electrons. The molecule has 28 heavy (non-hydrogen) atoms. The van der Waals surface area contributed by atoms with Gasteiger partial charge in [0.2, 0.25) is 0 Å². The molecule has 0 bridgehead atoms. The van der Waals surface area contributed by atoms with Crippen molar-refractivity contribution in [3.63, 3.8) is 0 Å². The number of nitrogens with one attached hydrogen (secondary N) is 1. The smallest absolute Gasteiger partial charge is 0.262 e. The van der Waals surface area contributed by atoms with E-state index in [4.69, 9.17) is 9.47 Å². The fourth-order valence-corrected chi connectivity index (χ4v) is 4.07. The lowest BCUT2D eigenvalue weighted by atomic mass is 10.2. The van der Waals surface area contributed by atoms with Crippen LogP contribution in [-0.2, 0) is 16.6 Å². The van der Waals surface area contributed by atoms with Crippen LogP contribution in [0.5, 0.6) is 11.5 Å². The first kappa shape index (κ1) is 19.8. The minimum Gasteiger partial charge on any atom is -0.497 e. The van der Waals surface area contributed by atoms with E-state index in [-0.39, 0.29) is 4.90 Å². The van der Waals surface area contributed by atoms with Crippen LogP contribution in [-0.4, -0.2) is 32.4 Å². The molecule has 0 saturated carbocycles. The average molecular weight is 401 g/mol. The van der Waals surface area contributed by atoms with Gasteiger partial charge in [-0.25, -0.2) is 8.42 Å². The van der Waals surface area contributed by atoms with Gasteiger partial charge in [-0.05, 0) is 55.8 Å². The molecule has 0 atom stereocenters. The number of sulfonamides is 1. The zero-order valence-corrected chi connectivity index (χ0v) is 17.1. The van der Waals surface area contributed by atoms with Crippen LogP contribution >= 0.6 is 0 Å². The molecule has 1 aromatic heterocycles. The van der Waals surface area contributed by atoms with Crippen molar-refractivity contribution in [3.05, 3.63) is 65.5 Å². The molecule has 8 heteroatoms. The molecule has 0 radical (unpaired) electrons. The van der Waals surface area contributed by atoms with Gasteiger partial charge < -0.3 is 9.47 Å². The average Bonchev–Trinajstić information content (AvgIpc) is 2.95. The van der Waals surface area contributed by atoms with E-state index in [9.17, 15) is 8.42 Å². The van der Waals surface area contributed by atoms with Gasteiger partial charge in [0, 0.05) is 0 Å². The summed E-state index contributed by atoms with van der Waals surface area (Å²) in [4.78, 5) is 0.160. The lowest BCUT2D eigenvalue weighted by molar-refractivity contribution is 0.414. The summed E-state index contributed by atoms with van der Waals surface area (Å²) in [7, 11) is -0.580. The first-order valence-corrected chi connectivity index (χ1v) is 10.2. The van der Waals surface area contributed by atoms with Crippen molar-refractivity contribution in [2.45, 2.75) is 25.3 Å². The Morgan fingerprint density at radius 3 is 2.32 bits per heavy atom. The number of hydrogen-bond acceptors (Lipinski definition) is 5. The van der Waals surface area contributed by atoms with Crippen molar-refractivity contribution in [2.24, 2.45) is 0 Å². The van der Waals surface area contributed by atoms with E-state index >= 15 is 0 Å². The molecule has 0 aliphatic heterocycles. The summed E-state index contributed by atoms with van der Waals surface area (Å²) in [5.74, 6) is 1.36. The number of aryl methyl sites for hydroxylation is 1. The Hall–Kier alpha value is -3.00. The SMILES string of the molecule is COc1ccc(S(=O)(=O)Nc2c(C)nn(Cc3cccc(OC)c3)c2C)cc1. The van der Waals surface area contributed by atoms with Crippen molar-refractivity contribution in [1.82, 2.24) is 9.78 Å². The molecule has 7 nitrogen and oxygen atoms in total. The van der Waals surface area contributed by atoms with Gasteiger partial charge >= 0.3 is 0 Å². The third-order valence-corrected chi connectivity index (χ3v) is 5.82. The Morgan fingerprint density at radius 1 is 1.00 bits per heavy atom. The normalized spacial score (nSPS) is 11.3. The maximum atomic E-state index is 12.8. The second kappa shape index (κ2) is 7.93. The van der Waals surface area contributed by atoms with Crippen LogP contribution in [0.1, 0.15) is 17.0 Å². The van der Waals surface area contributed by atoms with Crippen molar-refractivity contribution in [1.29, 1.82) is 0 Å². The van der Waals surface area contributed by atoms with Crippen LogP contribution in [0.2, 0.25) is 0 Å². The van der Waals surface area contributed by atoms with Crippen molar-refractivity contribution < 1.29 is 17.9 Å². The van der Waals surface area contributed by atoms with Gasteiger partial charge in [0.05, 0.1) is 42.7 Å². The Kier molecular flexibility index (Phi) is 5.60. The number of ether oxygens (including phenoxy) is 2. The van der Waals surface area contributed by atoms with Crippen LogP contribution < -0.4 is 14.2 Å². The predicted molar refractivity (Wildman–Crippen MR) is 108 cm³/mol. The Balaban J connectivity index is 1.86. The van der Waals surface area contributed by atoms with Gasteiger partial charge in [0.15, 0.2) is 0 Å². The van der Waals surface area contributed by atoms with Crippen LogP contribution in [0.3, 0.4) is 0 Å². The van der Waals surface area contributed by atoms with Crippen molar-refractivity contribution in [2.75, 3.05) is 18.9 Å². The van der Waals surface area contributed by atoms with Crippen molar-refractivity contribution in [3.8, 4) is 11.5 Å². The summed E-state index contributed by atoms with van der Waals surface area (Å²) in [5.41, 5.74) is 2.84. The van der Waals surface area contributed by atoms with Gasteiger partial charge in [0.1, 0.15) is 11.5 Å². The molecule has 0 aliphatic carbocycles. The Labute approximate surface area is 165 Å². The first-order chi connectivity index (χ1) is 13.3. The third kappa shape index (κ3) is 4.12. The second-order valence-electron chi connectivity index (χ2n) is 6.34. The number of nitrogens with zero attached hydrogens (tertiary/aromatic N) is 2. The van der Waals surface area contributed by atoms with Crippen LogP contribution in [0.4, 0.5) is 5.69 Å². The van der Waals surface area contributed by atoms with Crippen LogP contribution in [0.15, 0.2) is 53.4 Å². The van der Waals surface area contributed by atoms with E-state index in [2.05, 4.69) is 9.82 Å². The minimum absolute atomic E-state index is 0.160. The molecule has 2 aromatic carbocycles. The van der Waals surface area contributed by atoms with Gasteiger partial charge in [-0.3, -0.25) is 9.40 Å². The van der Waals surface area contributed by atoms with Crippen LogP contribution in [0, 0.1) is 13.8 Å². The molecular formula is C20H23N3O4S. The largest absolute Gasteiger partial charge is 0.497 e. The highest BCUT2D eigenvalue weighted by Gasteiger charge is 2.20. The van der Waals surface area contributed by atoms with E-state index in [1.54, 1.807) is 30.8 Å². The van der Waals surface area contributed by atoms with E-state index in [1.165, 1.54) is 19.2 Å². The molecular weight excluding hydrogens is 378 g/mol. The summed E-state index contributed by atoms with van der Waals surface area (Å²) in [6.45, 7) is 4.13. The number of benzene rings is 2. The molecule has 1 heterocycles. The second-order valence-corrected chi connectivity index (χ2v) is 8.02. The summed E-state index contributed by atoms with van der Waals surface area (Å²) in [5, 5.41) is 4.50. The highest BCUT2D eigenvalue weighted by Crippen LogP contribution is 2.25. The fourth-order valence-electron chi connectivity index (χ4n) is 2.89. The first-order valence-electron chi connectivity index (χ1n) is 8.68. The Bertz CT molecular complexity index is 1070. The van der Waals surface area contributed by atoms with E-state index in [1.807, 2.05) is 31.2 Å². The molecule has 0 unspecified atom stereocenters. The van der Waals surface area contributed by atoms with Crippen LogP contribution in [0.25, 0.3) is 0 Å². The molecule has 1 N–H and O–H groups in total. The molecule has 0 fully saturated rings. The summed E-state index contributed by atoms with van der Waals surface area (Å²) >= 11 is 0. The number of rotatable bonds is 7. The Morgan fingerprint density at radius 2 is 1.68 bits per heavy atom. The number of methoxy groups -OCH3 is 2. The molecule has 3 rings (SSSR count). The fraction of sp³-hybridized carbons (Fsp3) is 0.250. The highest BCUT2D eigenvalue weighted by molar-refractivity contribution is 7.92. The van der Waals surface area contributed by atoms with Crippen molar-refractivity contribution >= 4 is 15.7 Å². The number of hydrogen-bond donors (Lipinski definition) is 1. The topological polar surface area (TPSA) is 82.5 Å². The maximum Gasteiger partial charge on any atom is 0.262 e. The standard InChI is InChI=1S/C20H23N3O4S/c1-14-20(22-28(24,25)19-10-8-17(26-3)9-11-19)15(2)23(21-14)13-16-6-5-7-18(12-16)27-4/h5-12,22H,13H2,1-4H3. The van der Waals surface area contributed by atoms with Gasteiger partial charge in [-0.2, -0.15) is 5.10 Å². The quantitative estimate of drug-likeness (QED) is 0.656. The number of aromatic nitrogens is 2. The summed E-state index contributed by atoms with van der Waals surface area (Å²) in [6.07, 6.45) is 0. The van der Waals surface area contributed by atoms with E-state index in [0.29, 0.717) is 23.7 Å². The third-order valence-electron chi connectivity index (χ3n) is 4.45. The van der Waals surface area contributed by atoms with Gasteiger partial charge in [-0.1, -0.05) is 12.1 Å². The zero-order chi connectivity index (χ0) is 20.3. The minimum atomic E-state index is -3.73. The van der Waals surface area contributed by atoms with E-state index in [0.717, 1.165) is 17.0 Å². The lowest BCUT2D eigenvalue weighted by Gasteiger charge is -2.10. The molecule has 0 spiro atoms. The van der Waals surface area contributed by atoms with Gasteiger partial charge in [0.25, 0.3) is 10.0 Å². The maximum absolute atomic E-state index is 12.8. The predicted octanol–water partition coefficient (Wildman–Crippen LogP) is 3.37. The monoisotopic (exact) mass is 401 g/mol. The van der Waals surface area contributed by atoms with Gasteiger partial charge in [-0.15, -0.1) is 0 Å². The lowest BCUT2D eigenvalue weighted by Crippen LogP contribution is -2.14. The molecule has 0 amide bonds. The molecule has 0 aliphatic rings. The zero-order valence-electron chi connectivity index (χ0n) is 16.3. The highest BCUT2D eigenvalue weighted by atomic mass is 32.2.